The number of hydrogen-bond donors (Lipinski definition) is 0. The van der Waals surface area contributed by atoms with Gasteiger partial charge in [-0.25, -0.2) is 0 Å². The van der Waals surface area contributed by atoms with Gasteiger partial charge in [-0.1, -0.05) is 6.07 Å². The lowest BCUT2D eigenvalue weighted by atomic mass is 9.80. The van der Waals surface area contributed by atoms with Crippen molar-refractivity contribution in [3.63, 3.8) is 0 Å². The Labute approximate surface area is 112 Å². The maximum Gasteiger partial charge on any atom is 0.316 e. The zero-order chi connectivity index (χ0) is 13.9. The van der Waals surface area contributed by atoms with Gasteiger partial charge in [0, 0.05) is 0 Å². The van der Waals surface area contributed by atoms with Gasteiger partial charge >= 0.3 is 5.97 Å². The van der Waals surface area contributed by atoms with Crippen LogP contribution in [-0.4, -0.2) is 40.5 Å². The molecule has 0 unspecified atom stereocenters. The molecule has 0 radical (unpaired) electrons. The van der Waals surface area contributed by atoms with Crippen molar-refractivity contribution in [2.45, 2.75) is 6.42 Å². The van der Waals surface area contributed by atoms with Gasteiger partial charge in [-0.3, -0.25) is 4.79 Å². The summed E-state index contributed by atoms with van der Waals surface area (Å²) < 4.78 is 20.5. The first-order chi connectivity index (χ1) is 9.15. The number of carbonyl (C=O) groups is 1. The van der Waals surface area contributed by atoms with Crippen LogP contribution in [0.15, 0.2) is 18.2 Å². The van der Waals surface area contributed by atoms with E-state index in [9.17, 15) is 4.79 Å². The number of ether oxygens (including phenoxy) is 4. The Bertz CT molecular complexity index is 465. The number of esters is 1. The zero-order valence-corrected chi connectivity index (χ0v) is 11.4. The second-order valence-corrected chi connectivity index (χ2v) is 4.63. The molecule has 104 valence electrons. The van der Waals surface area contributed by atoms with Gasteiger partial charge in [-0.15, -0.1) is 0 Å². The number of benzene rings is 1. The summed E-state index contributed by atoms with van der Waals surface area (Å²) >= 11 is 0. The Morgan fingerprint density at radius 2 is 1.89 bits per heavy atom. The first-order valence-corrected chi connectivity index (χ1v) is 6.02. The van der Waals surface area contributed by atoms with Crippen LogP contribution >= 0.6 is 0 Å². The smallest absolute Gasteiger partial charge is 0.316 e. The van der Waals surface area contributed by atoms with Crippen molar-refractivity contribution in [1.82, 2.24) is 0 Å². The Morgan fingerprint density at radius 1 is 1.21 bits per heavy atom. The molecule has 0 spiro atoms. The van der Waals surface area contributed by atoms with E-state index in [2.05, 4.69) is 0 Å². The molecule has 1 aliphatic rings. The lowest BCUT2D eigenvalue weighted by Gasteiger charge is -2.38. The van der Waals surface area contributed by atoms with E-state index in [1.165, 1.54) is 7.11 Å². The maximum atomic E-state index is 11.8. The molecule has 5 nitrogen and oxygen atoms in total. The minimum atomic E-state index is -0.561. The van der Waals surface area contributed by atoms with Gasteiger partial charge in [0.1, 0.15) is 5.41 Å². The fourth-order valence-electron chi connectivity index (χ4n) is 2.24. The van der Waals surface area contributed by atoms with Gasteiger partial charge in [-0.2, -0.15) is 0 Å². The second kappa shape index (κ2) is 5.48. The van der Waals surface area contributed by atoms with Gasteiger partial charge < -0.3 is 18.9 Å². The molecular formula is C14H18O5. The summed E-state index contributed by atoms with van der Waals surface area (Å²) in [4.78, 5) is 11.8. The van der Waals surface area contributed by atoms with Crippen LogP contribution in [0.4, 0.5) is 0 Å². The van der Waals surface area contributed by atoms with E-state index < -0.39 is 5.41 Å². The first kappa shape index (κ1) is 13.7. The molecule has 0 bridgehead atoms. The number of methoxy groups -OCH3 is 3. The Balaban J connectivity index is 2.21. The standard InChI is InChI=1S/C14H18O5/c1-16-11-5-4-10(6-12(11)17-2)7-14(8-19-9-14)13(15)18-3/h4-6H,7-9H2,1-3H3. The average molecular weight is 266 g/mol. The number of carbonyl (C=O) groups excluding carboxylic acids is 1. The average Bonchev–Trinajstić information content (AvgIpc) is 2.41. The van der Waals surface area contributed by atoms with Crippen molar-refractivity contribution in [2.24, 2.45) is 5.41 Å². The van der Waals surface area contributed by atoms with Gasteiger partial charge in [0.05, 0.1) is 34.5 Å². The summed E-state index contributed by atoms with van der Waals surface area (Å²) in [5.41, 5.74) is 0.431. The molecule has 0 N–H and O–H groups in total. The number of hydrogen-bond acceptors (Lipinski definition) is 5. The fraction of sp³-hybridized carbons (Fsp3) is 0.500. The predicted octanol–water partition coefficient (Wildman–Crippen LogP) is 1.44. The molecular weight excluding hydrogens is 248 g/mol. The van der Waals surface area contributed by atoms with Crippen molar-refractivity contribution in [3.8, 4) is 11.5 Å². The van der Waals surface area contributed by atoms with Crippen molar-refractivity contribution in [1.29, 1.82) is 0 Å². The molecule has 1 aliphatic heterocycles. The molecule has 1 fully saturated rings. The van der Waals surface area contributed by atoms with Crippen molar-refractivity contribution in [3.05, 3.63) is 23.8 Å². The summed E-state index contributed by atoms with van der Waals surface area (Å²) in [6.07, 6.45) is 0.569. The Hall–Kier alpha value is -1.75. The van der Waals surface area contributed by atoms with Crippen LogP contribution in [0.3, 0.4) is 0 Å². The maximum absolute atomic E-state index is 11.8. The van der Waals surface area contributed by atoms with Gasteiger partial charge in [0.2, 0.25) is 0 Å². The highest BCUT2D eigenvalue weighted by Gasteiger charge is 2.47. The fourth-order valence-corrected chi connectivity index (χ4v) is 2.24. The number of rotatable bonds is 5. The minimum Gasteiger partial charge on any atom is -0.493 e. The second-order valence-electron chi connectivity index (χ2n) is 4.63. The third kappa shape index (κ3) is 2.51. The van der Waals surface area contributed by atoms with E-state index >= 15 is 0 Å². The van der Waals surface area contributed by atoms with Gasteiger partial charge in [0.15, 0.2) is 11.5 Å². The van der Waals surface area contributed by atoms with Crippen LogP contribution in [0.1, 0.15) is 5.56 Å². The molecule has 19 heavy (non-hydrogen) atoms. The van der Waals surface area contributed by atoms with Crippen LogP contribution in [0.2, 0.25) is 0 Å². The molecule has 0 amide bonds. The predicted molar refractivity (Wildman–Crippen MR) is 68.5 cm³/mol. The molecule has 5 heteroatoms. The van der Waals surface area contributed by atoms with E-state index in [1.54, 1.807) is 14.2 Å². The highest BCUT2D eigenvalue weighted by molar-refractivity contribution is 5.78. The SMILES string of the molecule is COC(=O)C1(Cc2ccc(OC)c(OC)c2)COC1. The molecule has 2 rings (SSSR count). The Morgan fingerprint density at radius 3 is 2.37 bits per heavy atom. The van der Waals surface area contributed by atoms with E-state index in [0.717, 1.165) is 5.56 Å². The minimum absolute atomic E-state index is 0.228. The van der Waals surface area contributed by atoms with Crippen LogP contribution in [0, 0.1) is 5.41 Å². The van der Waals surface area contributed by atoms with Crippen LogP contribution in [-0.2, 0) is 20.7 Å². The van der Waals surface area contributed by atoms with Crippen LogP contribution in [0.25, 0.3) is 0 Å². The quantitative estimate of drug-likeness (QED) is 0.755. The molecule has 1 saturated heterocycles. The van der Waals surface area contributed by atoms with E-state index in [0.29, 0.717) is 31.1 Å². The monoisotopic (exact) mass is 266 g/mol. The summed E-state index contributed by atoms with van der Waals surface area (Å²) in [7, 11) is 4.58. The first-order valence-electron chi connectivity index (χ1n) is 6.02. The highest BCUT2D eigenvalue weighted by Crippen LogP contribution is 2.35. The van der Waals surface area contributed by atoms with Crippen molar-refractivity contribution < 1.29 is 23.7 Å². The van der Waals surface area contributed by atoms with Gasteiger partial charge in [-0.05, 0) is 24.1 Å². The van der Waals surface area contributed by atoms with Crippen LogP contribution < -0.4 is 9.47 Å². The lowest BCUT2D eigenvalue weighted by Crippen LogP contribution is -2.51. The topological polar surface area (TPSA) is 54.0 Å². The summed E-state index contributed by atoms with van der Waals surface area (Å²) in [5.74, 6) is 1.09. The zero-order valence-electron chi connectivity index (χ0n) is 11.4. The van der Waals surface area contributed by atoms with Gasteiger partial charge in [0.25, 0.3) is 0 Å². The van der Waals surface area contributed by atoms with E-state index in [1.807, 2.05) is 18.2 Å². The molecule has 0 saturated carbocycles. The van der Waals surface area contributed by atoms with E-state index in [4.69, 9.17) is 18.9 Å². The summed E-state index contributed by atoms with van der Waals surface area (Å²) in [5, 5.41) is 0. The normalized spacial score (nSPS) is 16.4. The van der Waals surface area contributed by atoms with Crippen LogP contribution in [0.5, 0.6) is 11.5 Å². The third-order valence-electron chi connectivity index (χ3n) is 3.37. The third-order valence-corrected chi connectivity index (χ3v) is 3.37. The molecule has 0 aromatic heterocycles. The molecule has 1 aromatic rings. The largest absolute Gasteiger partial charge is 0.493 e. The summed E-state index contributed by atoms with van der Waals surface area (Å²) in [6.45, 7) is 0.794. The van der Waals surface area contributed by atoms with E-state index in [-0.39, 0.29) is 5.97 Å². The van der Waals surface area contributed by atoms with Crippen molar-refractivity contribution in [2.75, 3.05) is 34.5 Å². The highest BCUT2D eigenvalue weighted by atomic mass is 16.5. The molecule has 0 aliphatic carbocycles. The molecule has 0 atom stereocenters. The lowest BCUT2D eigenvalue weighted by molar-refractivity contribution is -0.182. The molecule has 1 aromatic carbocycles. The van der Waals surface area contributed by atoms with Crippen molar-refractivity contribution >= 4 is 5.97 Å². The summed E-state index contributed by atoms with van der Waals surface area (Å²) in [6, 6.07) is 5.63. The molecule has 1 heterocycles. The Kier molecular flexibility index (Phi) is 3.95.